The number of para-hydroxylation sites is 1. The minimum Gasteiger partial charge on any atom is -0.497 e. The van der Waals surface area contributed by atoms with Gasteiger partial charge in [0.05, 0.1) is 33.2 Å². The fraction of sp³-hybridized carbons (Fsp3) is 0.158. The van der Waals surface area contributed by atoms with E-state index in [1.165, 1.54) is 11.3 Å². The van der Waals surface area contributed by atoms with Crippen molar-refractivity contribution in [2.75, 3.05) is 26.8 Å². The quantitative estimate of drug-likeness (QED) is 0.497. The van der Waals surface area contributed by atoms with Gasteiger partial charge in [0.15, 0.2) is 0 Å². The first kappa shape index (κ1) is 17.8. The number of nitrogens with zero attached hydrogens (tertiary/aromatic N) is 2. The van der Waals surface area contributed by atoms with Crippen LogP contribution in [0.2, 0.25) is 0 Å². The van der Waals surface area contributed by atoms with Gasteiger partial charge in [-0.25, -0.2) is 4.98 Å². The molecule has 0 aliphatic heterocycles. The molecule has 0 aliphatic rings. The molecule has 0 fully saturated rings. The molecule has 1 heterocycles. The molecule has 2 aromatic carbocycles. The summed E-state index contributed by atoms with van der Waals surface area (Å²) in [5.74, 6) is 2.20. The molecule has 0 spiro atoms. The Hall–Kier alpha value is -3.06. The van der Waals surface area contributed by atoms with Crippen molar-refractivity contribution in [3.05, 3.63) is 53.4 Å². The van der Waals surface area contributed by atoms with Gasteiger partial charge in [0.25, 0.3) is 0 Å². The molecule has 0 bridgehead atoms. The molecule has 3 rings (SSSR count). The SMILES string of the molecule is COc1ccc(/C=N\Nc2nc(-c3ccccc3OC)cs2)c(OC)c1. The zero-order chi connectivity index (χ0) is 18.4. The lowest BCUT2D eigenvalue weighted by Crippen LogP contribution is -1.95. The lowest BCUT2D eigenvalue weighted by Gasteiger charge is -2.06. The van der Waals surface area contributed by atoms with Gasteiger partial charge in [0.1, 0.15) is 17.2 Å². The van der Waals surface area contributed by atoms with Crippen LogP contribution in [-0.4, -0.2) is 32.5 Å². The molecule has 1 N–H and O–H groups in total. The number of hydrogen-bond acceptors (Lipinski definition) is 7. The van der Waals surface area contributed by atoms with Crippen molar-refractivity contribution in [3.63, 3.8) is 0 Å². The zero-order valence-electron chi connectivity index (χ0n) is 14.7. The average Bonchev–Trinajstić information content (AvgIpc) is 3.16. The molecule has 1 aromatic heterocycles. The van der Waals surface area contributed by atoms with Crippen molar-refractivity contribution in [1.29, 1.82) is 0 Å². The Kier molecular flexibility index (Phi) is 5.70. The number of methoxy groups -OCH3 is 3. The fourth-order valence-electron chi connectivity index (χ4n) is 2.39. The van der Waals surface area contributed by atoms with Gasteiger partial charge in [-0.05, 0) is 24.3 Å². The summed E-state index contributed by atoms with van der Waals surface area (Å²) in [4.78, 5) is 4.55. The predicted molar refractivity (Wildman–Crippen MR) is 105 cm³/mol. The van der Waals surface area contributed by atoms with Crippen LogP contribution < -0.4 is 19.6 Å². The largest absolute Gasteiger partial charge is 0.497 e. The summed E-state index contributed by atoms with van der Waals surface area (Å²) >= 11 is 1.47. The first-order valence-corrected chi connectivity index (χ1v) is 8.73. The molecular weight excluding hydrogens is 350 g/mol. The van der Waals surface area contributed by atoms with Crippen LogP contribution in [0.25, 0.3) is 11.3 Å². The van der Waals surface area contributed by atoms with Crippen molar-refractivity contribution < 1.29 is 14.2 Å². The minimum absolute atomic E-state index is 0.684. The van der Waals surface area contributed by atoms with Crippen LogP contribution in [0.4, 0.5) is 5.13 Å². The van der Waals surface area contributed by atoms with Crippen molar-refractivity contribution in [2.24, 2.45) is 5.10 Å². The highest BCUT2D eigenvalue weighted by Crippen LogP contribution is 2.31. The van der Waals surface area contributed by atoms with Gasteiger partial charge in [0, 0.05) is 22.6 Å². The van der Waals surface area contributed by atoms with E-state index in [2.05, 4.69) is 15.5 Å². The van der Waals surface area contributed by atoms with Crippen molar-refractivity contribution in [3.8, 4) is 28.5 Å². The van der Waals surface area contributed by atoms with Crippen molar-refractivity contribution in [2.45, 2.75) is 0 Å². The van der Waals surface area contributed by atoms with E-state index < -0.39 is 0 Å². The summed E-state index contributed by atoms with van der Waals surface area (Å²) in [5, 5.41) is 6.90. The predicted octanol–water partition coefficient (Wildman–Crippen LogP) is 4.28. The number of rotatable bonds is 7. The van der Waals surface area contributed by atoms with Crippen LogP contribution in [0.5, 0.6) is 17.2 Å². The Bertz CT molecular complexity index is 909. The highest BCUT2D eigenvalue weighted by molar-refractivity contribution is 7.14. The fourth-order valence-corrected chi connectivity index (χ4v) is 3.05. The summed E-state index contributed by atoms with van der Waals surface area (Å²) in [6.45, 7) is 0. The third kappa shape index (κ3) is 3.94. The van der Waals surface area contributed by atoms with E-state index >= 15 is 0 Å². The molecule has 134 valence electrons. The smallest absolute Gasteiger partial charge is 0.203 e. The van der Waals surface area contributed by atoms with Gasteiger partial charge in [-0.2, -0.15) is 5.10 Å². The Morgan fingerprint density at radius 1 is 1.00 bits per heavy atom. The molecule has 0 radical (unpaired) electrons. The van der Waals surface area contributed by atoms with E-state index in [1.54, 1.807) is 27.5 Å². The van der Waals surface area contributed by atoms with Crippen LogP contribution in [0, 0.1) is 0 Å². The first-order valence-electron chi connectivity index (χ1n) is 7.85. The third-order valence-corrected chi connectivity index (χ3v) is 4.44. The second-order valence-corrected chi connectivity index (χ2v) is 6.07. The molecule has 0 saturated carbocycles. The average molecular weight is 369 g/mol. The highest BCUT2D eigenvalue weighted by atomic mass is 32.1. The maximum atomic E-state index is 5.38. The van der Waals surface area contributed by atoms with Gasteiger partial charge >= 0.3 is 0 Å². The normalized spacial score (nSPS) is 10.7. The van der Waals surface area contributed by atoms with Gasteiger partial charge in [0.2, 0.25) is 5.13 Å². The maximum absolute atomic E-state index is 5.38. The third-order valence-electron chi connectivity index (χ3n) is 3.69. The van der Waals surface area contributed by atoms with E-state index in [0.717, 1.165) is 28.3 Å². The second-order valence-electron chi connectivity index (χ2n) is 5.22. The van der Waals surface area contributed by atoms with Crippen LogP contribution in [-0.2, 0) is 0 Å². The number of anilines is 1. The van der Waals surface area contributed by atoms with E-state index in [1.807, 2.05) is 47.8 Å². The minimum atomic E-state index is 0.684. The number of benzene rings is 2. The number of hydrazone groups is 1. The van der Waals surface area contributed by atoms with Crippen LogP contribution in [0.3, 0.4) is 0 Å². The van der Waals surface area contributed by atoms with Crippen molar-refractivity contribution in [1.82, 2.24) is 4.98 Å². The Balaban J connectivity index is 1.73. The molecule has 7 heteroatoms. The van der Waals surface area contributed by atoms with E-state index in [9.17, 15) is 0 Å². The molecule has 6 nitrogen and oxygen atoms in total. The lowest BCUT2D eigenvalue weighted by molar-refractivity contribution is 0.394. The van der Waals surface area contributed by atoms with Gasteiger partial charge < -0.3 is 14.2 Å². The van der Waals surface area contributed by atoms with E-state index in [-0.39, 0.29) is 0 Å². The molecular formula is C19H19N3O3S. The summed E-state index contributed by atoms with van der Waals surface area (Å²) in [6.07, 6.45) is 1.68. The van der Waals surface area contributed by atoms with Gasteiger partial charge in [-0.15, -0.1) is 11.3 Å². The molecule has 3 aromatic rings. The summed E-state index contributed by atoms with van der Waals surface area (Å²) in [7, 11) is 4.88. The van der Waals surface area contributed by atoms with Gasteiger partial charge in [-0.1, -0.05) is 12.1 Å². The molecule has 0 atom stereocenters. The van der Waals surface area contributed by atoms with Crippen molar-refractivity contribution >= 4 is 22.7 Å². The monoisotopic (exact) mass is 369 g/mol. The first-order chi connectivity index (χ1) is 12.7. The number of nitrogens with one attached hydrogen (secondary N) is 1. The maximum Gasteiger partial charge on any atom is 0.203 e. The topological polar surface area (TPSA) is 65.0 Å². The second kappa shape index (κ2) is 8.35. The van der Waals surface area contributed by atoms with Gasteiger partial charge in [-0.3, -0.25) is 5.43 Å². The Morgan fingerprint density at radius 2 is 1.81 bits per heavy atom. The molecule has 0 saturated heterocycles. The summed E-state index contributed by atoms with van der Waals surface area (Å²) in [5.41, 5.74) is 5.57. The standard InChI is InChI=1S/C19H19N3O3S/c1-23-14-9-8-13(18(10-14)25-3)11-20-22-19-21-16(12-26-19)15-6-4-5-7-17(15)24-2/h4-12H,1-3H3,(H,21,22)/b20-11-. The Morgan fingerprint density at radius 3 is 2.58 bits per heavy atom. The Labute approximate surface area is 156 Å². The highest BCUT2D eigenvalue weighted by Gasteiger charge is 2.09. The zero-order valence-corrected chi connectivity index (χ0v) is 15.5. The molecule has 0 aliphatic carbocycles. The summed E-state index contributed by atoms with van der Waals surface area (Å²) in [6, 6.07) is 13.3. The number of thiazole rings is 1. The molecule has 0 unspecified atom stereocenters. The lowest BCUT2D eigenvalue weighted by atomic mass is 10.1. The number of aromatic nitrogens is 1. The number of ether oxygens (including phenoxy) is 3. The molecule has 26 heavy (non-hydrogen) atoms. The van der Waals surface area contributed by atoms with E-state index in [0.29, 0.717) is 10.9 Å². The summed E-state index contributed by atoms with van der Waals surface area (Å²) < 4.78 is 15.9. The van der Waals surface area contributed by atoms with Crippen LogP contribution >= 0.6 is 11.3 Å². The van der Waals surface area contributed by atoms with E-state index in [4.69, 9.17) is 14.2 Å². The van der Waals surface area contributed by atoms with Crippen LogP contribution in [0.1, 0.15) is 5.56 Å². The van der Waals surface area contributed by atoms with Crippen LogP contribution in [0.15, 0.2) is 52.9 Å². The number of hydrogen-bond donors (Lipinski definition) is 1. The molecule has 0 amide bonds.